The SMILES string of the molecule is COc1cc(C2c3c(oc4c(C)cc(C)cc4c3=O)C(=O)N2Cc2ccc(C)cc2)ccc1OCc1ccccc1. The van der Waals surface area contributed by atoms with Crippen LogP contribution in [-0.4, -0.2) is 17.9 Å². The van der Waals surface area contributed by atoms with Crippen LogP contribution in [0.3, 0.4) is 0 Å². The number of hydrogen-bond donors (Lipinski definition) is 0. The highest BCUT2D eigenvalue weighted by molar-refractivity contribution is 5.99. The number of amides is 1. The first-order valence-corrected chi connectivity index (χ1v) is 13.6. The van der Waals surface area contributed by atoms with E-state index >= 15 is 0 Å². The van der Waals surface area contributed by atoms with Crippen molar-refractivity contribution in [2.24, 2.45) is 0 Å². The third-order valence-electron chi connectivity index (χ3n) is 7.61. The van der Waals surface area contributed by atoms with Gasteiger partial charge in [0.1, 0.15) is 12.2 Å². The number of nitrogens with zero attached hydrogens (tertiary/aromatic N) is 1. The van der Waals surface area contributed by atoms with Crippen LogP contribution in [0.15, 0.2) is 94.1 Å². The van der Waals surface area contributed by atoms with Gasteiger partial charge in [0.15, 0.2) is 16.9 Å². The van der Waals surface area contributed by atoms with E-state index in [1.807, 2.05) is 106 Å². The van der Waals surface area contributed by atoms with Crippen LogP contribution in [-0.2, 0) is 13.2 Å². The van der Waals surface area contributed by atoms with E-state index in [0.717, 1.165) is 33.4 Å². The minimum absolute atomic E-state index is 0.0925. The summed E-state index contributed by atoms with van der Waals surface area (Å²) >= 11 is 0. The molecule has 41 heavy (non-hydrogen) atoms. The van der Waals surface area contributed by atoms with Crippen LogP contribution in [0.5, 0.6) is 11.5 Å². The summed E-state index contributed by atoms with van der Waals surface area (Å²) in [5, 5.41) is 0.478. The topological polar surface area (TPSA) is 69.0 Å². The Bertz CT molecular complexity index is 1820. The van der Waals surface area contributed by atoms with E-state index in [1.54, 1.807) is 12.0 Å². The molecule has 1 aliphatic heterocycles. The molecule has 206 valence electrons. The van der Waals surface area contributed by atoms with Crippen LogP contribution < -0.4 is 14.9 Å². The fourth-order valence-electron chi connectivity index (χ4n) is 5.58. The van der Waals surface area contributed by atoms with Gasteiger partial charge in [-0.05, 0) is 66.8 Å². The summed E-state index contributed by atoms with van der Waals surface area (Å²) in [6, 6.07) is 26.6. The van der Waals surface area contributed by atoms with Crippen molar-refractivity contribution in [3.8, 4) is 11.5 Å². The van der Waals surface area contributed by atoms with Crippen LogP contribution in [0.2, 0.25) is 0 Å². The van der Waals surface area contributed by atoms with Crippen molar-refractivity contribution >= 4 is 16.9 Å². The second-order valence-electron chi connectivity index (χ2n) is 10.6. The molecular weight excluding hydrogens is 514 g/mol. The number of ether oxygens (including phenoxy) is 2. The van der Waals surface area contributed by atoms with Gasteiger partial charge in [0.25, 0.3) is 5.91 Å². The van der Waals surface area contributed by atoms with Crippen molar-refractivity contribution in [2.75, 3.05) is 7.11 Å². The Morgan fingerprint density at radius 2 is 1.56 bits per heavy atom. The smallest absolute Gasteiger partial charge is 0.291 e. The van der Waals surface area contributed by atoms with Crippen molar-refractivity contribution in [3.05, 3.63) is 140 Å². The van der Waals surface area contributed by atoms with Gasteiger partial charge in [0.2, 0.25) is 5.76 Å². The minimum atomic E-state index is -0.655. The van der Waals surface area contributed by atoms with E-state index in [1.165, 1.54) is 0 Å². The van der Waals surface area contributed by atoms with Crippen LogP contribution in [0.1, 0.15) is 55.5 Å². The Kier molecular flexibility index (Phi) is 6.83. The zero-order valence-corrected chi connectivity index (χ0v) is 23.6. The molecule has 6 heteroatoms. The fraction of sp³-hybridized carbons (Fsp3) is 0.200. The molecule has 1 amide bonds. The Labute approximate surface area is 238 Å². The van der Waals surface area contributed by atoms with Gasteiger partial charge >= 0.3 is 0 Å². The summed E-state index contributed by atoms with van der Waals surface area (Å²) in [5.74, 6) is 0.876. The number of hydrogen-bond acceptors (Lipinski definition) is 5. The number of rotatable bonds is 7. The summed E-state index contributed by atoms with van der Waals surface area (Å²) in [5.41, 5.74) is 6.25. The van der Waals surface area contributed by atoms with Gasteiger partial charge in [-0.25, -0.2) is 0 Å². The summed E-state index contributed by atoms with van der Waals surface area (Å²) in [6.45, 7) is 6.57. The zero-order chi connectivity index (χ0) is 28.7. The van der Waals surface area contributed by atoms with Crippen LogP contribution in [0, 0.1) is 20.8 Å². The lowest BCUT2D eigenvalue weighted by Crippen LogP contribution is -2.29. The normalized spacial score (nSPS) is 14.4. The minimum Gasteiger partial charge on any atom is -0.493 e. The maximum atomic E-state index is 14.1. The van der Waals surface area contributed by atoms with Gasteiger partial charge in [-0.3, -0.25) is 9.59 Å². The van der Waals surface area contributed by atoms with Gasteiger partial charge in [0.05, 0.1) is 24.1 Å². The monoisotopic (exact) mass is 545 g/mol. The highest BCUT2D eigenvalue weighted by Crippen LogP contribution is 2.42. The maximum Gasteiger partial charge on any atom is 0.291 e. The largest absolute Gasteiger partial charge is 0.493 e. The van der Waals surface area contributed by atoms with E-state index in [0.29, 0.717) is 41.2 Å². The quantitative estimate of drug-likeness (QED) is 0.219. The first-order chi connectivity index (χ1) is 19.8. The summed E-state index contributed by atoms with van der Waals surface area (Å²) < 4.78 is 18.0. The van der Waals surface area contributed by atoms with Crippen molar-refractivity contribution in [2.45, 2.75) is 40.0 Å². The lowest BCUT2D eigenvalue weighted by molar-refractivity contribution is 0.0714. The van der Waals surface area contributed by atoms with Crippen molar-refractivity contribution in [1.29, 1.82) is 0 Å². The summed E-state index contributed by atoms with van der Waals surface area (Å²) in [7, 11) is 1.58. The van der Waals surface area contributed by atoms with E-state index in [9.17, 15) is 9.59 Å². The molecule has 0 saturated heterocycles. The Morgan fingerprint density at radius 3 is 2.29 bits per heavy atom. The number of carbonyl (C=O) groups is 1. The molecule has 0 bridgehead atoms. The van der Waals surface area contributed by atoms with E-state index in [-0.39, 0.29) is 17.1 Å². The summed E-state index contributed by atoms with van der Waals surface area (Å²) in [6.07, 6.45) is 0. The first kappa shape index (κ1) is 26.4. The highest BCUT2D eigenvalue weighted by atomic mass is 16.5. The standard InChI is InChI=1S/C35H31NO5/c1-21-10-12-24(13-11-21)19-36-31(26-14-15-28(29(18-26)39-4)40-20-25-8-6-5-7-9-25)30-32(37)27-17-22(2)16-23(3)33(27)41-34(30)35(36)38/h5-18,31H,19-20H2,1-4H3. The Balaban J connectivity index is 1.47. The fourth-order valence-corrected chi connectivity index (χ4v) is 5.58. The van der Waals surface area contributed by atoms with Gasteiger partial charge in [-0.1, -0.05) is 72.3 Å². The molecule has 6 nitrogen and oxygen atoms in total. The Morgan fingerprint density at radius 1 is 0.805 bits per heavy atom. The third kappa shape index (κ3) is 4.86. The molecule has 0 radical (unpaired) electrons. The van der Waals surface area contributed by atoms with E-state index in [4.69, 9.17) is 13.9 Å². The van der Waals surface area contributed by atoms with Crippen molar-refractivity contribution < 1.29 is 18.7 Å². The van der Waals surface area contributed by atoms with Crippen LogP contribution >= 0.6 is 0 Å². The molecule has 2 heterocycles. The van der Waals surface area contributed by atoms with E-state index in [2.05, 4.69) is 0 Å². The molecule has 0 fully saturated rings. The number of fused-ring (bicyclic) bond motifs is 2. The second-order valence-corrected chi connectivity index (χ2v) is 10.6. The predicted octanol–water partition coefficient (Wildman–Crippen LogP) is 7.05. The highest BCUT2D eigenvalue weighted by Gasteiger charge is 2.43. The predicted molar refractivity (Wildman–Crippen MR) is 159 cm³/mol. The van der Waals surface area contributed by atoms with Crippen LogP contribution in [0.25, 0.3) is 11.0 Å². The maximum absolute atomic E-state index is 14.1. The molecule has 1 atom stereocenters. The van der Waals surface area contributed by atoms with Crippen molar-refractivity contribution in [3.63, 3.8) is 0 Å². The number of benzene rings is 4. The molecular formula is C35H31NO5. The molecule has 0 aliphatic carbocycles. The molecule has 0 saturated carbocycles. The van der Waals surface area contributed by atoms with Gasteiger partial charge in [0, 0.05) is 6.54 Å². The van der Waals surface area contributed by atoms with Gasteiger partial charge in [-0.15, -0.1) is 0 Å². The molecule has 1 unspecified atom stereocenters. The molecule has 4 aromatic carbocycles. The van der Waals surface area contributed by atoms with Gasteiger partial charge < -0.3 is 18.8 Å². The Hall–Kier alpha value is -4.84. The third-order valence-corrected chi connectivity index (χ3v) is 7.61. The molecule has 1 aromatic heterocycles. The van der Waals surface area contributed by atoms with Gasteiger partial charge in [-0.2, -0.15) is 0 Å². The number of carbonyl (C=O) groups excluding carboxylic acids is 1. The summed E-state index contributed by atoms with van der Waals surface area (Å²) in [4.78, 5) is 29.7. The zero-order valence-electron chi connectivity index (χ0n) is 23.6. The number of aryl methyl sites for hydroxylation is 3. The molecule has 1 aliphatic rings. The molecule has 0 spiro atoms. The molecule has 6 rings (SSSR count). The molecule has 5 aromatic rings. The lowest BCUT2D eigenvalue weighted by Gasteiger charge is -2.26. The average Bonchev–Trinajstić information content (AvgIpc) is 3.25. The first-order valence-electron chi connectivity index (χ1n) is 13.6. The van der Waals surface area contributed by atoms with Crippen LogP contribution in [0.4, 0.5) is 0 Å². The lowest BCUT2D eigenvalue weighted by atomic mass is 9.96. The van der Waals surface area contributed by atoms with Crippen molar-refractivity contribution in [1.82, 2.24) is 4.90 Å². The average molecular weight is 546 g/mol. The second kappa shape index (κ2) is 10.6. The number of methoxy groups -OCH3 is 1. The van der Waals surface area contributed by atoms with E-state index < -0.39 is 6.04 Å². The molecule has 0 N–H and O–H groups in total.